The van der Waals surface area contributed by atoms with E-state index in [0.717, 1.165) is 11.0 Å². The second-order valence-electron chi connectivity index (χ2n) is 3.32. The number of hydrogen-bond donors (Lipinski definition) is 2. The van der Waals surface area contributed by atoms with E-state index in [-0.39, 0.29) is 11.9 Å². The van der Waals surface area contributed by atoms with Crippen molar-refractivity contribution in [2.75, 3.05) is 12.9 Å². The fourth-order valence-electron chi connectivity index (χ4n) is 1.27. The van der Waals surface area contributed by atoms with Crippen molar-refractivity contribution in [2.24, 2.45) is 0 Å². The van der Waals surface area contributed by atoms with Crippen LogP contribution in [0.3, 0.4) is 0 Å². The maximum absolute atomic E-state index is 9.14. The Bertz CT molecular complexity index is 289. The molecule has 0 amide bonds. The summed E-state index contributed by atoms with van der Waals surface area (Å²) in [7, 11) is 0. The van der Waals surface area contributed by atoms with Gasteiger partial charge >= 0.3 is 0 Å². The Kier molecular flexibility index (Phi) is 6.23. The highest BCUT2D eigenvalue weighted by atomic mass is 79.9. The molecule has 0 aliphatic rings. The summed E-state index contributed by atoms with van der Waals surface area (Å²) in [5.41, 5.74) is 0. The average molecular weight is 310 g/mol. The van der Waals surface area contributed by atoms with Gasteiger partial charge in [-0.25, -0.2) is 0 Å². The number of thiophene rings is 1. The van der Waals surface area contributed by atoms with Crippen molar-refractivity contribution >= 4 is 39.0 Å². The van der Waals surface area contributed by atoms with Crippen molar-refractivity contribution in [1.29, 1.82) is 0 Å². The molecule has 86 valence electrons. The minimum atomic E-state index is 0.223. The van der Waals surface area contributed by atoms with Gasteiger partial charge in [0.2, 0.25) is 0 Å². The number of aliphatic hydroxyl groups is 1. The lowest BCUT2D eigenvalue weighted by Gasteiger charge is -2.21. The van der Waals surface area contributed by atoms with Crippen LogP contribution in [-0.2, 0) is 6.54 Å². The summed E-state index contributed by atoms with van der Waals surface area (Å²) in [4.78, 5) is 1.31. The Hall–Kier alpha value is 0.450. The van der Waals surface area contributed by atoms with Crippen molar-refractivity contribution in [3.63, 3.8) is 0 Å². The molecule has 0 aliphatic heterocycles. The SMILES string of the molecule is CS[C@H](CO)[C@H](C)NCc1sccc1Br. The van der Waals surface area contributed by atoms with Gasteiger partial charge in [-0.1, -0.05) is 0 Å². The number of thioether (sulfide) groups is 1. The third kappa shape index (κ3) is 4.07. The van der Waals surface area contributed by atoms with Crippen LogP contribution >= 0.6 is 39.0 Å². The molecule has 1 rings (SSSR count). The fourth-order valence-corrected chi connectivity index (χ4v) is 3.37. The van der Waals surface area contributed by atoms with E-state index in [4.69, 9.17) is 5.11 Å². The van der Waals surface area contributed by atoms with Gasteiger partial charge in [0.25, 0.3) is 0 Å². The van der Waals surface area contributed by atoms with Crippen LogP contribution in [0.2, 0.25) is 0 Å². The maximum atomic E-state index is 9.14. The van der Waals surface area contributed by atoms with Crippen LogP contribution in [0.25, 0.3) is 0 Å². The smallest absolute Gasteiger partial charge is 0.0564 e. The summed E-state index contributed by atoms with van der Waals surface area (Å²) in [6.07, 6.45) is 2.03. The highest BCUT2D eigenvalue weighted by molar-refractivity contribution is 9.10. The first-order chi connectivity index (χ1) is 7.19. The van der Waals surface area contributed by atoms with E-state index in [0.29, 0.717) is 6.04 Å². The number of hydrogen-bond acceptors (Lipinski definition) is 4. The number of rotatable bonds is 6. The molecule has 2 N–H and O–H groups in total. The van der Waals surface area contributed by atoms with Crippen molar-refractivity contribution < 1.29 is 5.11 Å². The highest BCUT2D eigenvalue weighted by Crippen LogP contribution is 2.22. The van der Waals surface area contributed by atoms with Gasteiger partial charge in [-0.3, -0.25) is 0 Å². The molecule has 15 heavy (non-hydrogen) atoms. The van der Waals surface area contributed by atoms with Crippen LogP contribution in [0.15, 0.2) is 15.9 Å². The van der Waals surface area contributed by atoms with Crippen molar-refractivity contribution in [1.82, 2.24) is 5.32 Å². The van der Waals surface area contributed by atoms with E-state index in [9.17, 15) is 0 Å². The molecule has 0 spiro atoms. The summed E-state index contributed by atoms with van der Waals surface area (Å²) >= 11 is 6.94. The first-order valence-electron chi connectivity index (χ1n) is 4.78. The molecule has 5 heteroatoms. The van der Waals surface area contributed by atoms with Gasteiger partial charge in [-0.15, -0.1) is 11.3 Å². The molecular weight excluding hydrogens is 294 g/mol. The van der Waals surface area contributed by atoms with E-state index in [1.165, 1.54) is 4.88 Å². The Morgan fingerprint density at radius 3 is 2.87 bits per heavy atom. The van der Waals surface area contributed by atoms with Gasteiger partial charge in [-0.05, 0) is 40.6 Å². The van der Waals surface area contributed by atoms with Crippen LogP contribution in [0.5, 0.6) is 0 Å². The van der Waals surface area contributed by atoms with E-state index in [1.54, 1.807) is 23.1 Å². The zero-order chi connectivity index (χ0) is 11.3. The zero-order valence-electron chi connectivity index (χ0n) is 8.87. The van der Waals surface area contributed by atoms with Crippen LogP contribution in [0.4, 0.5) is 0 Å². The molecule has 0 radical (unpaired) electrons. The largest absolute Gasteiger partial charge is 0.395 e. The van der Waals surface area contributed by atoms with E-state index < -0.39 is 0 Å². The molecule has 0 saturated carbocycles. The highest BCUT2D eigenvalue weighted by Gasteiger charge is 2.14. The number of aliphatic hydroxyl groups excluding tert-OH is 1. The van der Waals surface area contributed by atoms with Gasteiger partial charge < -0.3 is 10.4 Å². The molecule has 1 aromatic heterocycles. The minimum absolute atomic E-state index is 0.223. The molecule has 1 aromatic rings. The third-order valence-corrected chi connectivity index (χ3v) is 5.41. The third-order valence-electron chi connectivity index (χ3n) is 2.32. The van der Waals surface area contributed by atoms with E-state index >= 15 is 0 Å². The first-order valence-corrected chi connectivity index (χ1v) is 7.74. The van der Waals surface area contributed by atoms with Crippen LogP contribution < -0.4 is 5.32 Å². The Labute approximate surface area is 108 Å². The number of halogens is 1. The Morgan fingerprint density at radius 2 is 2.40 bits per heavy atom. The Balaban J connectivity index is 2.40. The van der Waals surface area contributed by atoms with Crippen molar-refractivity contribution in [3.05, 3.63) is 20.8 Å². The molecule has 2 nitrogen and oxygen atoms in total. The first kappa shape index (κ1) is 13.5. The summed E-state index contributed by atoms with van der Waals surface area (Å²) in [6.45, 7) is 3.19. The van der Waals surface area contributed by atoms with E-state index in [1.807, 2.05) is 6.26 Å². The molecule has 0 aromatic carbocycles. The molecule has 0 unspecified atom stereocenters. The Morgan fingerprint density at radius 1 is 1.67 bits per heavy atom. The standard InChI is InChI=1S/C10H16BrNOS2/c1-7(10(6-13)14-2)12-5-9-8(11)3-4-15-9/h3-4,7,10,12-13H,5-6H2,1-2H3/t7-,10+/m0/s1. The quantitative estimate of drug-likeness (QED) is 0.847. The normalized spacial score (nSPS) is 15.2. The lowest BCUT2D eigenvalue weighted by molar-refractivity contribution is 0.276. The zero-order valence-corrected chi connectivity index (χ0v) is 12.1. The van der Waals surface area contributed by atoms with Gasteiger partial charge in [0.1, 0.15) is 0 Å². The summed E-state index contributed by atoms with van der Waals surface area (Å²) in [5, 5.41) is 14.9. The predicted molar refractivity (Wildman–Crippen MR) is 72.7 cm³/mol. The maximum Gasteiger partial charge on any atom is 0.0564 e. The average Bonchev–Trinajstić information content (AvgIpc) is 2.63. The van der Waals surface area contributed by atoms with Crippen LogP contribution in [-0.4, -0.2) is 29.3 Å². The molecule has 1 heterocycles. The van der Waals surface area contributed by atoms with Gasteiger partial charge in [0, 0.05) is 27.2 Å². The molecule has 0 saturated heterocycles. The monoisotopic (exact) mass is 309 g/mol. The van der Waals surface area contributed by atoms with Gasteiger partial charge in [-0.2, -0.15) is 11.8 Å². The van der Waals surface area contributed by atoms with Crippen LogP contribution in [0.1, 0.15) is 11.8 Å². The van der Waals surface area contributed by atoms with E-state index in [2.05, 4.69) is 39.6 Å². The topological polar surface area (TPSA) is 32.3 Å². The molecule has 0 bridgehead atoms. The van der Waals surface area contributed by atoms with Crippen molar-refractivity contribution in [3.8, 4) is 0 Å². The second kappa shape index (κ2) is 6.91. The second-order valence-corrected chi connectivity index (χ2v) is 6.25. The van der Waals surface area contributed by atoms with Crippen molar-refractivity contribution in [2.45, 2.75) is 24.8 Å². The van der Waals surface area contributed by atoms with Gasteiger partial charge in [0.15, 0.2) is 0 Å². The minimum Gasteiger partial charge on any atom is -0.395 e. The summed E-state index contributed by atoms with van der Waals surface area (Å²) in [6, 6.07) is 2.38. The summed E-state index contributed by atoms with van der Waals surface area (Å²) < 4.78 is 1.16. The molecule has 0 fully saturated rings. The lowest BCUT2D eigenvalue weighted by atomic mass is 10.2. The summed E-state index contributed by atoms with van der Waals surface area (Å²) in [5.74, 6) is 0. The van der Waals surface area contributed by atoms with Gasteiger partial charge in [0.05, 0.1) is 6.61 Å². The van der Waals surface area contributed by atoms with Crippen LogP contribution in [0, 0.1) is 0 Å². The predicted octanol–water partition coefficient (Wildman–Crippen LogP) is 2.71. The molecule has 0 aliphatic carbocycles. The molecule has 2 atom stereocenters. The lowest BCUT2D eigenvalue weighted by Crippen LogP contribution is -2.36. The number of nitrogens with one attached hydrogen (secondary N) is 1. The fraction of sp³-hybridized carbons (Fsp3) is 0.600. The molecular formula is C10H16BrNOS2.